The van der Waals surface area contributed by atoms with Crippen LogP contribution >= 0.6 is 0 Å². The molecule has 112 valence electrons. The average molecular weight is 296 g/mol. The largest absolute Gasteiger partial charge is 0.465 e. The molecule has 2 heterocycles. The fraction of sp³-hybridized carbons (Fsp3) is 0.385. The number of rotatable bonds is 2. The number of nitrogens with zero attached hydrogens (tertiary/aromatic N) is 2. The van der Waals surface area contributed by atoms with Crippen molar-refractivity contribution in [2.45, 2.75) is 18.4 Å². The molecule has 0 radical (unpaired) electrons. The van der Waals surface area contributed by atoms with E-state index >= 15 is 0 Å². The number of piperidine rings is 1. The average Bonchev–Trinajstić information content (AvgIpc) is 2.84. The Morgan fingerprint density at radius 1 is 1.48 bits per heavy atom. The molecule has 1 aromatic carbocycles. The summed E-state index contributed by atoms with van der Waals surface area (Å²) in [5.41, 5.74) is 1.56. The Balaban J connectivity index is 1.84. The zero-order chi connectivity index (χ0) is 15.0. The predicted molar refractivity (Wildman–Crippen MR) is 72.8 cm³/mol. The van der Waals surface area contributed by atoms with Gasteiger partial charge in [0.15, 0.2) is 0 Å². The van der Waals surface area contributed by atoms with Crippen LogP contribution in [0.2, 0.25) is 0 Å². The van der Waals surface area contributed by atoms with Gasteiger partial charge < -0.3 is 20.3 Å². The summed E-state index contributed by atoms with van der Waals surface area (Å²) in [4.78, 5) is 19.7. The van der Waals surface area contributed by atoms with E-state index in [9.17, 15) is 13.6 Å². The molecule has 1 aromatic heterocycles. The first-order valence-electron chi connectivity index (χ1n) is 6.53. The number of benzene rings is 1. The van der Waals surface area contributed by atoms with Crippen molar-refractivity contribution < 1.29 is 18.7 Å². The van der Waals surface area contributed by atoms with E-state index in [1.54, 1.807) is 4.90 Å². The predicted octanol–water partition coefficient (Wildman–Crippen LogP) is 2.04. The molecule has 1 amide bonds. The van der Waals surface area contributed by atoms with Crippen molar-refractivity contribution in [1.82, 2.24) is 15.3 Å². The number of alkyl halides is 2. The summed E-state index contributed by atoms with van der Waals surface area (Å²) >= 11 is 0. The first-order valence-corrected chi connectivity index (χ1v) is 6.53. The van der Waals surface area contributed by atoms with Crippen LogP contribution in [0.1, 0.15) is 6.42 Å². The molecule has 1 atom stereocenters. The molecule has 1 aliphatic rings. The molecule has 6 nitrogen and oxygen atoms in total. The number of imidazole rings is 1. The minimum absolute atomic E-state index is 0.116. The Morgan fingerprint density at radius 2 is 2.24 bits per heavy atom. The van der Waals surface area contributed by atoms with Crippen molar-refractivity contribution in [1.29, 1.82) is 0 Å². The van der Waals surface area contributed by atoms with Crippen LogP contribution in [-0.4, -0.2) is 46.2 Å². The van der Waals surface area contributed by atoms with Crippen LogP contribution in [0, 0.1) is 0 Å². The van der Waals surface area contributed by atoms with Crippen molar-refractivity contribution in [3.05, 3.63) is 24.3 Å². The lowest BCUT2D eigenvalue weighted by atomic mass is 10.0. The van der Waals surface area contributed by atoms with Gasteiger partial charge in [-0.05, 0) is 12.1 Å². The van der Waals surface area contributed by atoms with E-state index in [1.165, 1.54) is 0 Å². The van der Waals surface area contributed by atoms with Gasteiger partial charge >= 0.3 is 6.09 Å². The highest BCUT2D eigenvalue weighted by Gasteiger charge is 2.45. The number of amides is 1. The van der Waals surface area contributed by atoms with Crippen LogP contribution in [0.4, 0.5) is 19.5 Å². The van der Waals surface area contributed by atoms with E-state index in [4.69, 9.17) is 5.11 Å². The van der Waals surface area contributed by atoms with Gasteiger partial charge in [-0.3, -0.25) is 0 Å². The van der Waals surface area contributed by atoms with Gasteiger partial charge in [0.05, 0.1) is 11.0 Å². The summed E-state index contributed by atoms with van der Waals surface area (Å²) in [5, 5.41) is 10.6. The lowest BCUT2D eigenvalue weighted by Gasteiger charge is -2.37. The number of halogens is 2. The number of fused-ring (bicyclic) bond motifs is 1. The summed E-state index contributed by atoms with van der Waals surface area (Å²) in [6, 6.07) is 5.91. The third-order valence-corrected chi connectivity index (χ3v) is 3.60. The number of hydrogen-bond acceptors (Lipinski definition) is 3. The Morgan fingerprint density at radius 3 is 2.95 bits per heavy atom. The number of H-pyrrole nitrogens is 1. The van der Waals surface area contributed by atoms with Crippen LogP contribution in [-0.2, 0) is 0 Å². The SMILES string of the molecule is O=C(O)NC1CN(c2nc3ccccc3[nH]2)CCC1(F)F. The second kappa shape index (κ2) is 4.87. The van der Waals surface area contributed by atoms with Gasteiger partial charge in [0, 0.05) is 19.5 Å². The minimum atomic E-state index is -3.05. The number of carbonyl (C=O) groups is 1. The van der Waals surface area contributed by atoms with E-state index in [1.807, 2.05) is 29.6 Å². The van der Waals surface area contributed by atoms with E-state index in [2.05, 4.69) is 9.97 Å². The highest BCUT2D eigenvalue weighted by atomic mass is 19.3. The molecular formula is C13H14F2N4O2. The fourth-order valence-electron chi connectivity index (χ4n) is 2.49. The molecule has 1 fully saturated rings. The summed E-state index contributed by atoms with van der Waals surface area (Å²) in [6.45, 7) is -0.0102. The molecular weight excluding hydrogens is 282 g/mol. The first-order chi connectivity index (χ1) is 9.95. The van der Waals surface area contributed by atoms with Crippen LogP contribution in [0.5, 0.6) is 0 Å². The molecule has 0 spiro atoms. The van der Waals surface area contributed by atoms with Gasteiger partial charge in [-0.2, -0.15) is 0 Å². The quantitative estimate of drug-likeness (QED) is 0.792. The van der Waals surface area contributed by atoms with Crippen molar-refractivity contribution in [3.63, 3.8) is 0 Å². The molecule has 3 N–H and O–H groups in total. The number of aromatic nitrogens is 2. The Labute approximate surface area is 118 Å². The lowest BCUT2D eigenvalue weighted by Crippen LogP contribution is -2.58. The topological polar surface area (TPSA) is 81.2 Å². The zero-order valence-corrected chi connectivity index (χ0v) is 11.0. The highest BCUT2D eigenvalue weighted by Crippen LogP contribution is 2.30. The molecule has 0 aliphatic carbocycles. The number of aromatic amines is 1. The third kappa shape index (κ3) is 2.61. The van der Waals surface area contributed by atoms with Crippen LogP contribution in [0.15, 0.2) is 24.3 Å². The molecule has 3 rings (SSSR count). The normalized spacial score (nSPS) is 21.4. The van der Waals surface area contributed by atoms with Gasteiger partial charge in [0.2, 0.25) is 5.95 Å². The number of carboxylic acid groups (broad SMARTS) is 1. The molecule has 0 bridgehead atoms. The van der Waals surface area contributed by atoms with Gasteiger partial charge in [0.25, 0.3) is 5.92 Å². The van der Waals surface area contributed by atoms with Crippen LogP contribution < -0.4 is 10.2 Å². The second-order valence-electron chi connectivity index (χ2n) is 5.04. The molecule has 0 saturated carbocycles. The van der Waals surface area contributed by atoms with Crippen molar-refractivity contribution in [2.75, 3.05) is 18.0 Å². The van der Waals surface area contributed by atoms with E-state index in [0.717, 1.165) is 11.0 Å². The van der Waals surface area contributed by atoms with E-state index in [0.29, 0.717) is 5.95 Å². The summed E-state index contributed by atoms with van der Waals surface area (Å²) in [7, 11) is 0. The van der Waals surface area contributed by atoms with Crippen molar-refractivity contribution in [3.8, 4) is 0 Å². The van der Waals surface area contributed by atoms with Gasteiger partial charge in [-0.15, -0.1) is 0 Å². The Kier molecular flexibility index (Phi) is 3.15. The Bertz CT molecular complexity index is 640. The maximum absolute atomic E-state index is 13.7. The molecule has 8 heteroatoms. The van der Waals surface area contributed by atoms with Crippen LogP contribution in [0.3, 0.4) is 0 Å². The molecule has 1 saturated heterocycles. The van der Waals surface area contributed by atoms with Gasteiger partial charge in [-0.1, -0.05) is 12.1 Å². The van der Waals surface area contributed by atoms with Crippen molar-refractivity contribution in [2.24, 2.45) is 0 Å². The lowest BCUT2D eigenvalue weighted by molar-refractivity contribution is -0.0494. The zero-order valence-electron chi connectivity index (χ0n) is 11.0. The number of para-hydroxylation sites is 2. The fourth-order valence-corrected chi connectivity index (χ4v) is 2.49. The van der Waals surface area contributed by atoms with Crippen molar-refractivity contribution >= 4 is 23.1 Å². The summed E-state index contributed by atoms with van der Waals surface area (Å²) in [6.07, 6.45) is -1.87. The van der Waals surface area contributed by atoms with Crippen LogP contribution in [0.25, 0.3) is 11.0 Å². The number of anilines is 1. The van der Waals surface area contributed by atoms with E-state index < -0.39 is 24.5 Å². The number of nitrogens with one attached hydrogen (secondary N) is 2. The second-order valence-corrected chi connectivity index (χ2v) is 5.04. The summed E-state index contributed by atoms with van der Waals surface area (Å²) < 4.78 is 27.5. The number of hydrogen-bond donors (Lipinski definition) is 3. The smallest absolute Gasteiger partial charge is 0.405 e. The molecule has 21 heavy (non-hydrogen) atoms. The van der Waals surface area contributed by atoms with Gasteiger partial charge in [-0.25, -0.2) is 18.6 Å². The third-order valence-electron chi connectivity index (χ3n) is 3.60. The first kappa shape index (κ1) is 13.6. The maximum atomic E-state index is 13.7. The molecule has 2 aromatic rings. The maximum Gasteiger partial charge on any atom is 0.405 e. The highest BCUT2D eigenvalue weighted by molar-refractivity contribution is 5.77. The summed E-state index contributed by atoms with van der Waals surface area (Å²) in [5.74, 6) is -2.58. The van der Waals surface area contributed by atoms with E-state index in [-0.39, 0.29) is 13.1 Å². The monoisotopic (exact) mass is 296 g/mol. The standard InChI is InChI=1S/C13H14F2N4O2/c14-13(15)5-6-19(7-10(13)18-12(20)21)11-16-8-3-1-2-4-9(8)17-11/h1-4,10,18H,5-7H2,(H,16,17)(H,20,21). The Hall–Kier alpha value is -2.38. The minimum Gasteiger partial charge on any atom is -0.465 e. The van der Waals surface area contributed by atoms with Gasteiger partial charge in [0.1, 0.15) is 6.04 Å². The molecule has 1 aliphatic heterocycles. The molecule has 1 unspecified atom stereocenters.